The first-order chi connectivity index (χ1) is 14.8. The van der Waals surface area contributed by atoms with Crippen LogP contribution < -0.4 is 19.5 Å². The second kappa shape index (κ2) is 7.95. The Labute approximate surface area is 176 Å². The van der Waals surface area contributed by atoms with Crippen LogP contribution in [0.1, 0.15) is 10.4 Å². The Morgan fingerprint density at radius 3 is 2.42 bits per heavy atom. The van der Waals surface area contributed by atoms with Crippen molar-refractivity contribution >= 4 is 33.0 Å². The quantitative estimate of drug-likeness (QED) is 0.442. The van der Waals surface area contributed by atoms with Crippen LogP contribution in [0.3, 0.4) is 0 Å². The molecule has 0 saturated heterocycles. The van der Waals surface area contributed by atoms with Crippen LogP contribution in [0.5, 0.6) is 11.5 Å². The number of hydrogen-bond acceptors (Lipinski definition) is 7. The summed E-state index contributed by atoms with van der Waals surface area (Å²) in [6.07, 6.45) is 0. The summed E-state index contributed by atoms with van der Waals surface area (Å²) in [5, 5.41) is 13.5. The lowest BCUT2D eigenvalue weighted by atomic mass is 10.1. The summed E-state index contributed by atoms with van der Waals surface area (Å²) >= 11 is 0. The van der Waals surface area contributed by atoms with Crippen molar-refractivity contribution in [3.05, 3.63) is 82.4 Å². The highest BCUT2D eigenvalue weighted by molar-refractivity contribution is 7.92. The third kappa shape index (κ3) is 4.26. The van der Waals surface area contributed by atoms with Crippen LogP contribution in [-0.2, 0) is 10.0 Å². The Morgan fingerprint density at radius 2 is 1.68 bits per heavy atom. The number of sulfonamides is 1. The maximum atomic E-state index is 12.8. The van der Waals surface area contributed by atoms with Gasteiger partial charge in [0.1, 0.15) is 0 Å². The number of fused-ring (bicyclic) bond motifs is 1. The standard InChI is InChI=1S/C20H15N3O7S/c24-20(21-13-5-10-18-19(11-13)30-12-29-18)16-3-1-2-4-17(16)22-31(27,28)15-8-6-14(7-9-15)23(25)26/h1-11,22H,12H2,(H,21,24). The first-order valence-electron chi connectivity index (χ1n) is 8.91. The molecule has 1 aliphatic rings. The molecule has 0 saturated carbocycles. The Bertz CT molecular complexity index is 1270. The number of carbonyl (C=O) groups excluding carboxylic acids is 1. The van der Waals surface area contributed by atoms with E-state index < -0.39 is 20.9 Å². The molecule has 11 heteroatoms. The minimum absolute atomic E-state index is 0.0547. The van der Waals surface area contributed by atoms with Crippen molar-refractivity contribution < 1.29 is 27.6 Å². The summed E-state index contributed by atoms with van der Waals surface area (Å²) in [5.74, 6) is 0.514. The Balaban J connectivity index is 1.56. The third-order valence-corrected chi connectivity index (χ3v) is 5.79. The lowest BCUT2D eigenvalue weighted by Crippen LogP contribution is -2.18. The molecule has 0 spiro atoms. The number of nitrogens with one attached hydrogen (secondary N) is 2. The molecule has 3 aromatic rings. The fourth-order valence-corrected chi connectivity index (χ4v) is 3.97. The van der Waals surface area contributed by atoms with Crippen molar-refractivity contribution in [1.82, 2.24) is 0 Å². The number of amides is 1. The third-order valence-electron chi connectivity index (χ3n) is 4.40. The van der Waals surface area contributed by atoms with Crippen molar-refractivity contribution in [2.24, 2.45) is 0 Å². The van der Waals surface area contributed by atoms with Crippen LogP contribution in [0, 0.1) is 10.1 Å². The highest BCUT2D eigenvalue weighted by atomic mass is 32.2. The first-order valence-corrected chi connectivity index (χ1v) is 10.4. The number of hydrogen-bond donors (Lipinski definition) is 2. The molecule has 0 atom stereocenters. The van der Waals surface area contributed by atoms with Crippen LogP contribution in [0.15, 0.2) is 71.6 Å². The largest absolute Gasteiger partial charge is 0.454 e. The summed E-state index contributed by atoms with van der Waals surface area (Å²) in [6.45, 7) is 0.0972. The van der Waals surface area contributed by atoms with Gasteiger partial charge in [0.2, 0.25) is 6.79 Å². The molecule has 10 nitrogen and oxygen atoms in total. The zero-order valence-electron chi connectivity index (χ0n) is 15.8. The van der Waals surface area contributed by atoms with Gasteiger partial charge in [0.25, 0.3) is 21.6 Å². The van der Waals surface area contributed by atoms with Crippen LogP contribution in [-0.4, -0.2) is 26.0 Å². The average Bonchev–Trinajstić information content (AvgIpc) is 3.22. The minimum Gasteiger partial charge on any atom is -0.454 e. The predicted molar refractivity (Wildman–Crippen MR) is 111 cm³/mol. The van der Waals surface area contributed by atoms with Crippen LogP contribution >= 0.6 is 0 Å². The first kappa shape index (κ1) is 20.2. The number of non-ortho nitro benzene ring substituents is 1. The minimum atomic E-state index is -4.08. The zero-order valence-corrected chi connectivity index (χ0v) is 16.6. The maximum absolute atomic E-state index is 12.8. The van der Waals surface area contributed by atoms with Crippen LogP contribution in [0.2, 0.25) is 0 Å². The number of nitro benzene ring substituents is 1. The molecule has 0 aliphatic carbocycles. The summed E-state index contributed by atoms with van der Waals surface area (Å²) in [4.78, 5) is 22.7. The number of ether oxygens (including phenoxy) is 2. The average molecular weight is 441 g/mol. The van der Waals surface area contributed by atoms with Crippen molar-refractivity contribution in [2.45, 2.75) is 4.90 Å². The van der Waals surface area contributed by atoms with E-state index in [1.807, 2.05) is 0 Å². The summed E-state index contributed by atoms with van der Waals surface area (Å²) in [5.41, 5.74) is 0.356. The number of nitrogens with zero attached hydrogens (tertiary/aromatic N) is 1. The molecule has 4 rings (SSSR count). The Kier molecular flexibility index (Phi) is 5.17. The van der Waals surface area contributed by atoms with Gasteiger partial charge in [-0.25, -0.2) is 8.42 Å². The van der Waals surface area contributed by atoms with Gasteiger partial charge in [0.05, 0.1) is 21.1 Å². The highest BCUT2D eigenvalue weighted by Gasteiger charge is 2.20. The number of carbonyl (C=O) groups is 1. The van der Waals surface area contributed by atoms with E-state index in [9.17, 15) is 23.3 Å². The van der Waals surface area contributed by atoms with E-state index in [1.54, 1.807) is 30.3 Å². The van der Waals surface area contributed by atoms with Crippen molar-refractivity contribution in [1.29, 1.82) is 0 Å². The summed E-state index contributed by atoms with van der Waals surface area (Å²) in [6, 6.07) is 15.4. The van der Waals surface area contributed by atoms with Crippen molar-refractivity contribution in [2.75, 3.05) is 16.8 Å². The molecule has 0 unspecified atom stereocenters. The van der Waals surface area contributed by atoms with Crippen molar-refractivity contribution in [3.8, 4) is 11.5 Å². The lowest BCUT2D eigenvalue weighted by Gasteiger charge is -2.13. The van der Waals surface area contributed by atoms with E-state index in [0.29, 0.717) is 17.2 Å². The fraction of sp³-hybridized carbons (Fsp3) is 0.0500. The van der Waals surface area contributed by atoms with Gasteiger partial charge in [-0.1, -0.05) is 12.1 Å². The second-order valence-electron chi connectivity index (χ2n) is 6.42. The van der Waals surface area contributed by atoms with E-state index >= 15 is 0 Å². The molecule has 158 valence electrons. The van der Waals surface area contributed by atoms with E-state index in [-0.39, 0.29) is 28.6 Å². The zero-order chi connectivity index (χ0) is 22.0. The topological polar surface area (TPSA) is 137 Å². The Morgan fingerprint density at radius 1 is 0.968 bits per heavy atom. The van der Waals surface area contributed by atoms with E-state index in [1.165, 1.54) is 12.1 Å². The van der Waals surface area contributed by atoms with Gasteiger partial charge in [-0.15, -0.1) is 0 Å². The monoisotopic (exact) mass is 441 g/mol. The lowest BCUT2D eigenvalue weighted by molar-refractivity contribution is -0.384. The molecule has 0 aromatic heterocycles. The van der Waals surface area contributed by atoms with Crippen molar-refractivity contribution in [3.63, 3.8) is 0 Å². The molecule has 3 aromatic carbocycles. The van der Waals surface area contributed by atoms with Gasteiger partial charge in [-0.05, 0) is 36.4 Å². The smallest absolute Gasteiger partial charge is 0.269 e. The molecular weight excluding hydrogens is 426 g/mol. The molecule has 0 radical (unpaired) electrons. The molecular formula is C20H15N3O7S. The molecule has 1 amide bonds. The fourth-order valence-electron chi connectivity index (χ4n) is 2.89. The van der Waals surface area contributed by atoms with Gasteiger partial charge < -0.3 is 14.8 Å². The predicted octanol–water partition coefficient (Wildman–Crippen LogP) is 3.38. The molecule has 1 aliphatic heterocycles. The number of benzene rings is 3. The number of nitro groups is 1. The molecule has 2 N–H and O–H groups in total. The number of anilines is 2. The van der Waals surface area contributed by atoms with Gasteiger partial charge in [0, 0.05) is 23.9 Å². The summed E-state index contributed by atoms with van der Waals surface area (Å²) in [7, 11) is -4.08. The van der Waals surface area contributed by atoms with E-state index in [2.05, 4.69) is 10.0 Å². The SMILES string of the molecule is O=C(Nc1ccc2c(c1)OCO2)c1ccccc1NS(=O)(=O)c1ccc([N+](=O)[O-])cc1. The molecule has 1 heterocycles. The second-order valence-corrected chi connectivity index (χ2v) is 8.11. The van der Waals surface area contributed by atoms with Crippen LogP contribution in [0.25, 0.3) is 0 Å². The van der Waals surface area contributed by atoms with Crippen LogP contribution in [0.4, 0.5) is 17.1 Å². The normalized spacial score (nSPS) is 12.3. The molecule has 0 fully saturated rings. The van der Waals surface area contributed by atoms with Gasteiger partial charge in [0.15, 0.2) is 11.5 Å². The van der Waals surface area contributed by atoms with E-state index in [0.717, 1.165) is 24.3 Å². The number of rotatable bonds is 6. The van der Waals surface area contributed by atoms with Gasteiger partial charge in [-0.3, -0.25) is 19.6 Å². The highest BCUT2D eigenvalue weighted by Crippen LogP contribution is 2.34. The number of para-hydroxylation sites is 1. The van der Waals surface area contributed by atoms with Gasteiger partial charge in [-0.2, -0.15) is 0 Å². The molecule has 31 heavy (non-hydrogen) atoms. The maximum Gasteiger partial charge on any atom is 0.269 e. The van der Waals surface area contributed by atoms with E-state index in [4.69, 9.17) is 9.47 Å². The van der Waals surface area contributed by atoms with Gasteiger partial charge >= 0.3 is 0 Å². The molecule has 0 bridgehead atoms. The summed E-state index contributed by atoms with van der Waals surface area (Å²) < 4.78 is 38.3. The Hall–Kier alpha value is -4.12.